The molecule has 0 spiro atoms. The van der Waals surface area contributed by atoms with Gasteiger partial charge in [0.05, 0.1) is 18.7 Å². The summed E-state index contributed by atoms with van der Waals surface area (Å²) in [4.78, 5) is 12.1. The van der Waals surface area contributed by atoms with Gasteiger partial charge in [-0.3, -0.25) is 4.79 Å². The Kier molecular flexibility index (Phi) is 6.06. The molecule has 4 nitrogen and oxygen atoms in total. The normalized spacial score (nSPS) is 10.6. The zero-order chi connectivity index (χ0) is 16.7. The van der Waals surface area contributed by atoms with Gasteiger partial charge >= 0.3 is 0 Å². The first-order chi connectivity index (χ1) is 11.1. The van der Waals surface area contributed by atoms with Crippen molar-refractivity contribution in [1.29, 1.82) is 0 Å². The summed E-state index contributed by atoms with van der Waals surface area (Å²) in [6, 6.07) is 12.3. The highest BCUT2D eigenvalue weighted by molar-refractivity contribution is 6.32. The lowest BCUT2D eigenvalue weighted by Gasteiger charge is -2.05. The van der Waals surface area contributed by atoms with Crippen LogP contribution in [0.1, 0.15) is 17.3 Å². The number of rotatable bonds is 7. The van der Waals surface area contributed by atoms with Crippen LogP contribution in [-0.4, -0.2) is 19.5 Å². The maximum atomic E-state index is 12.1. The van der Waals surface area contributed by atoms with Gasteiger partial charge in [-0.1, -0.05) is 11.6 Å². The van der Waals surface area contributed by atoms with Crippen molar-refractivity contribution in [3.05, 3.63) is 65.3 Å². The fraction of sp³-hybridized carbons (Fsp3) is 0.167. The number of ketones is 1. The van der Waals surface area contributed by atoms with Crippen LogP contribution in [0.4, 0.5) is 5.69 Å². The molecule has 1 N–H and O–H groups in total. The number of ether oxygens (including phenoxy) is 2. The van der Waals surface area contributed by atoms with E-state index in [1.165, 1.54) is 6.08 Å². The average Bonchev–Trinajstić information content (AvgIpc) is 2.56. The van der Waals surface area contributed by atoms with Crippen LogP contribution in [0.5, 0.6) is 11.5 Å². The maximum absolute atomic E-state index is 12.1. The molecule has 0 radical (unpaired) electrons. The van der Waals surface area contributed by atoms with Crippen molar-refractivity contribution in [3.8, 4) is 11.5 Å². The van der Waals surface area contributed by atoms with Gasteiger partial charge in [0.15, 0.2) is 5.78 Å². The minimum atomic E-state index is -0.0971. The lowest BCUT2D eigenvalue weighted by Crippen LogP contribution is -1.97. The Morgan fingerprint density at radius 1 is 1.22 bits per heavy atom. The summed E-state index contributed by atoms with van der Waals surface area (Å²) in [6.45, 7) is 2.51. The molecule has 2 aromatic carbocycles. The fourth-order valence-electron chi connectivity index (χ4n) is 1.95. The summed E-state index contributed by atoms with van der Waals surface area (Å²) in [5.41, 5.74) is 1.37. The van der Waals surface area contributed by atoms with Gasteiger partial charge in [0.1, 0.15) is 11.5 Å². The van der Waals surface area contributed by atoms with Crippen LogP contribution in [0.15, 0.2) is 54.7 Å². The lowest BCUT2D eigenvalue weighted by atomic mass is 10.1. The van der Waals surface area contributed by atoms with Gasteiger partial charge in [0, 0.05) is 23.5 Å². The van der Waals surface area contributed by atoms with Gasteiger partial charge in [0.2, 0.25) is 0 Å². The smallest absolute Gasteiger partial charge is 0.187 e. The number of benzene rings is 2. The molecule has 0 saturated carbocycles. The Morgan fingerprint density at radius 3 is 2.57 bits per heavy atom. The second-order valence-electron chi connectivity index (χ2n) is 4.65. The molecule has 2 aromatic rings. The van der Waals surface area contributed by atoms with Crippen molar-refractivity contribution in [2.24, 2.45) is 0 Å². The summed E-state index contributed by atoms with van der Waals surface area (Å²) in [6.07, 6.45) is 3.05. The third-order valence-corrected chi connectivity index (χ3v) is 3.38. The molecule has 0 aromatic heterocycles. The van der Waals surface area contributed by atoms with Gasteiger partial charge in [-0.25, -0.2) is 0 Å². The molecule has 0 saturated heterocycles. The average molecular weight is 332 g/mol. The Hall–Kier alpha value is -2.46. The molecular formula is C18H18ClNO3. The summed E-state index contributed by atoms with van der Waals surface area (Å²) >= 11 is 6.04. The van der Waals surface area contributed by atoms with E-state index in [1.807, 2.05) is 13.0 Å². The lowest BCUT2D eigenvalue weighted by molar-refractivity contribution is 0.104. The number of anilines is 1. The molecule has 0 bridgehead atoms. The van der Waals surface area contributed by atoms with E-state index in [0.29, 0.717) is 22.9 Å². The molecule has 0 aliphatic carbocycles. The predicted octanol–water partition coefficient (Wildman–Crippen LogP) is 4.56. The minimum Gasteiger partial charge on any atom is -0.495 e. The predicted molar refractivity (Wildman–Crippen MR) is 92.7 cm³/mol. The van der Waals surface area contributed by atoms with Crippen LogP contribution in [0.2, 0.25) is 5.02 Å². The number of carbonyl (C=O) groups excluding carboxylic acids is 1. The van der Waals surface area contributed by atoms with Crippen molar-refractivity contribution in [2.45, 2.75) is 6.92 Å². The van der Waals surface area contributed by atoms with Crippen LogP contribution >= 0.6 is 11.6 Å². The zero-order valence-corrected chi connectivity index (χ0v) is 13.8. The van der Waals surface area contributed by atoms with E-state index < -0.39 is 0 Å². The van der Waals surface area contributed by atoms with Gasteiger partial charge in [0.25, 0.3) is 0 Å². The van der Waals surface area contributed by atoms with Crippen molar-refractivity contribution in [3.63, 3.8) is 0 Å². The van der Waals surface area contributed by atoms with E-state index in [2.05, 4.69) is 5.32 Å². The second kappa shape index (κ2) is 8.25. The Balaban J connectivity index is 1.96. The highest BCUT2D eigenvalue weighted by atomic mass is 35.5. The number of nitrogens with one attached hydrogen (secondary N) is 1. The summed E-state index contributed by atoms with van der Waals surface area (Å²) in [7, 11) is 1.56. The molecule has 0 amide bonds. The molecule has 2 rings (SSSR count). The molecule has 0 atom stereocenters. The fourth-order valence-corrected chi connectivity index (χ4v) is 2.21. The van der Waals surface area contributed by atoms with Gasteiger partial charge in [-0.15, -0.1) is 0 Å². The monoisotopic (exact) mass is 331 g/mol. The van der Waals surface area contributed by atoms with E-state index >= 15 is 0 Å². The summed E-state index contributed by atoms with van der Waals surface area (Å²) < 4.78 is 10.4. The molecular weight excluding hydrogens is 314 g/mol. The van der Waals surface area contributed by atoms with E-state index in [-0.39, 0.29) is 5.78 Å². The first-order valence-electron chi connectivity index (χ1n) is 7.18. The van der Waals surface area contributed by atoms with E-state index in [0.717, 1.165) is 11.4 Å². The number of hydrogen-bond acceptors (Lipinski definition) is 4. The molecule has 23 heavy (non-hydrogen) atoms. The Bertz CT molecular complexity index is 696. The van der Waals surface area contributed by atoms with Crippen LogP contribution in [0.3, 0.4) is 0 Å². The largest absolute Gasteiger partial charge is 0.495 e. The third kappa shape index (κ3) is 4.76. The molecule has 0 heterocycles. The highest BCUT2D eigenvalue weighted by Crippen LogP contribution is 2.27. The van der Waals surface area contributed by atoms with Crippen molar-refractivity contribution < 1.29 is 14.3 Å². The number of carbonyl (C=O) groups is 1. The Labute approximate surface area is 140 Å². The molecule has 120 valence electrons. The standard InChI is InChI=1S/C18H18ClNO3/c1-3-23-15-7-4-13(5-8-15)17(21)10-11-20-14-6-9-18(22-2)16(19)12-14/h4-12,20H,3H2,1-2H3. The number of halogens is 1. The SMILES string of the molecule is CCOc1ccc(C(=O)C=CNc2ccc(OC)c(Cl)c2)cc1. The topological polar surface area (TPSA) is 47.6 Å². The zero-order valence-electron chi connectivity index (χ0n) is 13.0. The minimum absolute atomic E-state index is 0.0971. The second-order valence-corrected chi connectivity index (χ2v) is 5.06. The van der Waals surface area contributed by atoms with E-state index in [9.17, 15) is 4.79 Å². The summed E-state index contributed by atoms with van der Waals surface area (Å²) in [5, 5.41) is 3.51. The van der Waals surface area contributed by atoms with Crippen molar-refractivity contribution >= 4 is 23.1 Å². The maximum Gasteiger partial charge on any atom is 0.187 e. The first kappa shape index (κ1) is 16.9. The number of methoxy groups -OCH3 is 1. The molecule has 0 fully saturated rings. The van der Waals surface area contributed by atoms with Crippen molar-refractivity contribution in [1.82, 2.24) is 0 Å². The van der Waals surface area contributed by atoms with E-state index in [4.69, 9.17) is 21.1 Å². The van der Waals surface area contributed by atoms with Gasteiger partial charge < -0.3 is 14.8 Å². The third-order valence-electron chi connectivity index (χ3n) is 3.09. The van der Waals surface area contributed by atoms with Crippen LogP contribution in [0, 0.1) is 0 Å². The van der Waals surface area contributed by atoms with Crippen LogP contribution in [0.25, 0.3) is 0 Å². The quantitative estimate of drug-likeness (QED) is 0.597. The molecule has 5 heteroatoms. The molecule has 0 aliphatic rings. The summed E-state index contributed by atoms with van der Waals surface area (Å²) in [5.74, 6) is 1.26. The van der Waals surface area contributed by atoms with Gasteiger partial charge in [-0.05, 0) is 49.4 Å². The number of hydrogen-bond donors (Lipinski definition) is 1. The highest BCUT2D eigenvalue weighted by Gasteiger charge is 2.03. The Morgan fingerprint density at radius 2 is 1.96 bits per heavy atom. The van der Waals surface area contributed by atoms with E-state index in [1.54, 1.807) is 49.7 Å². The number of allylic oxidation sites excluding steroid dienone is 1. The molecule has 0 unspecified atom stereocenters. The van der Waals surface area contributed by atoms with Crippen LogP contribution < -0.4 is 14.8 Å². The molecule has 0 aliphatic heterocycles. The van der Waals surface area contributed by atoms with Crippen LogP contribution in [-0.2, 0) is 0 Å². The first-order valence-corrected chi connectivity index (χ1v) is 7.55. The van der Waals surface area contributed by atoms with Crippen molar-refractivity contribution in [2.75, 3.05) is 19.0 Å². The van der Waals surface area contributed by atoms with Gasteiger partial charge in [-0.2, -0.15) is 0 Å².